The number of anilines is 1. The van der Waals surface area contributed by atoms with Gasteiger partial charge in [0.15, 0.2) is 0 Å². The van der Waals surface area contributed by atoms with Crippen LogP contribution in [0.3, 0.4) is 0 Å². The third kappa shape index (κ3) is 6.72. The van der Waals surface area contributed by atoms with Crippen LogP contribution in [0.5, 0.6) is 0 Å². The van der Waals surface area contributed by atoms with Gasteiger partial charge in [0.25, 0.3) is 0 Å². The molecule has 0 spiro atoms. The zero-order valence-corrected chi connectivity index (χ0v) is 13.9. The number of carbonyl (C=O) groups is 1. The lowest BCUT2D eigenvalue weighted by Crippen LogP contribution is -2.16. The van der Waals surface area contributed by atoms with E-state index in [2.05, 4.69) is 0 Å². The molecule has 0 saturated carbocycles. The van der Waals surface area contributed by atoms with E-state index in [1.54, 1.807) is 0 Å². The lowest BCUT2D eigenvalue weighted by molar-refractivity contribution is -0.148. The van der Waals surface area contributed by atoms with E-state index in [1.165, 1.54) is 0 Å². The molecule has 0 aliphatic heterocycles. The number of esters is 1. The monoisotopic (exact) mass is 335 g/mol. The lowest BCUT2D eigenvalue weighted by atomic mass is 10.2. The van der Waals surface area contributed by atoms with Crippen molar-refractivity contribution in [1.29, 1.82) is 0 Å². The predicted molar refractivity (Wildman–Crippen MR) is 93.2 cm³/mol. The molecule has 0 unspecified atom stereocenters. The SMILES string of the molecule is C[C@@H](CC(=O)OCc1ccccc1)OCc1ccccc1N.Cl. The maximum Gasteiger partial charge on any atom is 0.308 e. The number of hydrogen-bond donors (Lipinski definition) is 1. The van der Waals surface area contributed by atoms with Gasteiger partial charge in [-0.25, -0.2) is 0 Å². The molecule has 1 atom stereocenters. The number of halogens is 1. The fourth-order valence-corrected chi connectivity index (χ4v) is 1.99. The first-order valence-electron chi connectivity index (χ1n) is 7.29. The van der Waals surface area contributed by atoms with Crippen LogP contribution in [0.15, 0.2) is 54.6 Å². The summed E-state index contributed by atoms with van der Waals surface area (Å²) < 4.78 is 10.9. The fourth-order valence-electron chi connectivity index (χ4n) is 1.99. The first-order valence-corrected chi connectivity index (χ1v) is 7.29. The van der Waals surface area contributed by atoms with Gasteiger partial charge >= 0.3 is 5.97 Å². The Bertz CT molecular complexity index is 604. The van der Waals surface area contributed by atoms with Crippen LogP contribution in [0.25, 0.3) is 0 Å². The average molecular weight is 336 g/mol. The highest BCUT2D eigenvalue weighted by atomic mass is 35.5. The Hall–Kier alpha value is -2.04. The van der Waals surface area contributed by atoms with Crippen molar-refractivity contribution in [1.82, 2.24) is 0 Å². The molecule has 124 valence electrons. The Kier molecular flexibility index (Phi) is 8.16. The molecule has 0 aliphatic carbocycles. The summed E-state index contributed by atoms with van der Waals surface area (Å²) in [4.78, 5) is 11.8. The van der Waals surface area contributed by atoms with E-state index in [4.69, 9.17) is 15.2 Å². The lowest BCUT2D eigenvalue weighted by Gasteiger charge is -2.13. The van der Waals surface area contributed by atoms with Crippen LogP contribution in [0.4, 0.5) is 5.69 Å². The molecule has 0 fully saturated rings. The van der Waals surface area contributed by atoms with Crippen molar-refractivity contribution in [3.8, 4) is 0 Å². The van der Waals surface area contributed by atoms with Crippen LogP contribution >= 0.6 is 12.4 Å². The van der Waals surface area contributed by atoms with Crippen LogP contribution in [-0.4, -0.2) is 12.1 Å². The molecular formula is C18H22ClNO3. The zero-order chi connectivity index (χ0) is 15.8. The van der Waals surface area contributed by atoms with Crippen molar-refractivity contribution in [3.63, 3.8) is 0 Å². The Balaban J connectivity index is 0.00000264. The first kappa shape index (κ1) is 19.0. The van der Waals surface area contributed by atoms with Gasteiger partial charge in [-0.2, -0.15) is 0 Å². The van der Waals surface area contributed by atoms with Crippen LogP contribution in [0.1, 0.15) is 24.5 Å². The fraction of sp³-hybridized carbons (Fsp3) is 0.278. The average Bonchev–Trinajstić information content (AvgIpc) is 2.53. The second kappa shape index (κ2) is 9.87. The van der Waals surface area contributed by atoms with Gasteiger partial charge in [-0.05, 0) is 18.6 Å². The molecule has 0 bridgehead atoms. The molecule has 2 aromatic carbocycles. The van der Waals surface area contributed by atoms with Gasteiger partial charge in [0.1, 0.15) is 6.61 Å². The molecule has 0 radical (unpaired) electrons. The largest absolute Gasteiger partial charge is 0.461 e. The van der Waals surface area contributed by atoms with Crippen molar-refractivity contribution >= 4 is 24.1 Å². The van der Waals surface area contributed by atoms with E-state index >= 15 is 0 Å². The molecule has 0 saturated heterocycles. The summed E-state index contributed by atoms with van der Waals surface area (Å²) in [7, 11) is 0. The second-order valence-corrected chi connectivity index (χ2v) is 5.17. The van der Waals surface area contributed by atoms with Crippen LogP contribution in [-0.2, 0) is 27.5 Å². The maximum atomic E-state index is 11.8. The minimum atomic E-state index is -0.266. The van der Waals surface area contributed by atoms with Crippen molar-refractivity contribution < 1.29 is 14.3 Å². The van der Waals surface area contributed by atoms with E-state index in [9.17, 15) is 4.79 Å². The van der Waals surface area contributed by atoms with Crippen LogP contribution < -0.4 is 5.73 Å². The smallest absolute Gasteiger partial charge is 0.308 e. The van der Waals surface area contributed by atoms with Crippen molar-refractivity contribution in [2.24, 2.45) is 0 Å². The van der Waals surface area contributed by atoms with Gasteiger partial charge in [-0.1, -0.05) is 48.5 Å². The highest BCUT2D eigenvalue weighted by molar-refractivity contribution is 5.85. The standard InChI is InChI=1S/C18H21NO3.ClH/c1-14(21-13-16-9-5-6-10-17(16)19)11-18(20)22-12-15-7-3-2-4-8-15;/h2-10,14H,11-13,19H2,1H3;1H/t14-;/m0./s1. The number of hydrogen-bond acceptors (Lipinski definition) is 4. The highest BCUT2D eigenvalue weighted by Gasteiger charge is 2.11. The number of nitrogens with two attached hydrogens (primary N) is 1. The molecule has 0 heterocycles. The Morgan fingerprint density at radius 2 is 1.70 bits per heavy atom. The Morgan fingerprint density at radius 1 is 1.04 bits per heavy atom. The third-order valence-electron chi connectivity index (χ3n) is 3.28. The van der Waals surface area contributed by atoms with Gasteiger partial charge in [0, 0.05) is 11.3 Å². The predicted octanol–water partition coefficient (Wildman–Crippen LogP) is 3.73. The maximum absolute atomic E-state index is 11.8. The van der Waals surface area contributed by atoms with Crippen molar-refractivity contribution in [3.05, 3.63) is 65.7 Å². The topological polar surface area (TPSA) is 61.5 Å². The Morgan fingerprint density at radius 3 is 2.39 bits per heavy atom. The Labute approximate surface area is 143 Å². The molecule has 5 heteroatoms. The number of carbonyl (C=O) groups excluding carboxylic acids is 1. The molecule has 0 aliphatic rings. The van der Waals surface area contributed by atoms with Gasteiger partial charge < -0.3 is 15.2 Å². The second-order valence-electron chi connectivity index (χ2n) is 5.17. The van der Waals surface area contributed by atoms with Crippen molar-refractivity contribution in [2.45, 2.75) is 32.7 Å². The summed E-state index contributed by atoms with van der Waals surface area (Å²) in [5.74, 6) is -0.266. The van der Waals surface area contributed by atoms with E-state index < -0.39 is 0 Å². The minimum absolute atomic E-state index is 0. The summed E-state index contributed by atoms with van der Waals surface area (Å²) in [6.07, 6.45) is 0.00224. The zero-order valence-electron chi connectivity index (χ0n) is 13.1. The first-order chi connectivity index (χ1) is 10.6. The molecule has 23 heavy (non-hydrogen) atoms. The van der Waals surface area contributed by atoms with Gasteiger partial charge in [0.05, 0.1) is 19.1 Å². The van der Waals surface area contributed by atoms with Gasteiger partial charge in [-0.3, -0.25) is 4.79 Å². The minimum Gasteiger partial charge on any atom is -0.461 e. The number of ether oxygens (including phenoxy) is 2. The van der Waals surface area contributed by atoms with Gasteiger partial charge in [0.2, 0.25) is 0 Å². The summed E-state index contributed by atoms with van der Waals surface area (Å²) in [6.45, 7) is 2.53. The molecular weight excluding hydrogens is 314 g/mol. The molecule has 2 rings (SSSR count). The number of nitrogen functional groups attached to an aromatic ring is 1. The van der Waals surface area contributed by atoms with E-state index in [1.807, 2.05) is 61.5 Å². The molecule has 0 aromatic heterocycles. The summed E-state index contributed by atoms with van der Waals surface area (Å²) in [6, 6.07) is 17.1. The normalized spacial score (nSPS) is 11.3. The molecule has 2 aromatic rings. The van der Waals surface area contributed by atoms with E-state index in [0.717, 1.165) is 11.1 Å². The summed E-state index contributed by atoms with van der Waals surface area (Å²) in [5.41, 5.74) is 8.44. The number of benzene rings is 2. The molecule has 2 N–H and O–H groups in total. The van der Waals surface area contributed by atoms with E-state index in [0.29, 0.717) is 12.3 Å². The number of para-hydroxylation sites is 1. The molecule has 4 nitrogen and oxygen atoms in total. The summed E-state index contributed by atoms with van der Waals surface area (Å²) in [5, 5.41) is 0. The highest BCUT2D eigenvalue weighted by Crippen LogP contribution is 2.13. The number of rotatable bonds is 7. The van der Waals surface area contributed by atoms with Crippen LogP contribution in [0.2, 0.25) is 0 Å². The van der Waals surface area contributed by atoms with E-state index in [-0.39, 0.29) is 37.5 Å². The van der Waals surface area contributed by atoms with Crippen LogP contribution in [0, 0.1) is 0 Å². The van der Waals surface area contributed by atoms with Crippen molar-refractivity contribution in [2.75, 3.05) is 5.73 Å². The quantitative estimate of drug-likeness (QED) is 0.618. The third-order valence-corrected chi connectivity index (χ3v) is 3.28. The summed E-state index contributed by atoms with van der Waals surface area (Å²) >= 11 is 0. The van der Waals surface area contributed by atoms with Gasteiger partial charge in [-0.15, -0.1) is 12.4 Å². The molecule has 0 amide bonds.